The van der Waals surface area contributed by atoms with Gasteiger partial charge in [-0.1, -0.05) is 0 Å². The zero-order valence-electron chi connectivity index (χ0n) is 11.2. The van der Waals surface area contributed by atoms with Crippen molar-refractivity contribution in [2.45, 2.75) is 12.1 Å². The van der Waals surface area contributed by atoms with E-state index in [1.54, 1.807) is 0 Å². The number of hydrogen-bond donors (Lipinski definition) is 1. The van der Waals surface area contributed by atoms with Gasteiger partial charge in [0.1, 0.15) is 0 Å². The molecule has 0 unspecified atom stereocenters. The summed E-state index contributed by atoms with van der Waals surface area (Å²) in [6.45, 7) is 6.95. The summed E-state index contributed by atoms with van der Waals surface area (Å²) in [6, 6.07) is 2.43. The van der Waals surface area contributed by atoms with Crippen LogP contribution in [0.5, 0.6) is 0 Å². The lowest BCUT2D eigenvalue weighted by atomic mass is 10.1. The number of ether oxygens (including phenoxy) is 1. The molecule has 19 heavy (non-hydrogen) atoms. The van der Waals surface area contributed by atoms with E-state index in [1.165, 1.54) is 0 Å². The van der Waals surface area contributed by atoms with Gasteiger partial charge in [-0.2, -0.15) is 5.10 Å². The summed E-state index contributed by atoms with van der Waals surface area (Å²) in [5.41, 5.74) is 0. The first-order valence-corrected chi connectivity index (χ1v) is 7.01. The van der Waals surface area contributed by atoms with Gasteiger partial charge in [0.2, 0.25) is 0 Å². The first-order chi connectivity index (χ1) is 9.31. The fraction of sp³-hybridized carbons (Fsp3) is 0.769. The standard InChI is InChI=1S/C13H22N4O2/c18-13(10-15-4-6-19-7-5-15)11-16-8-12(9-16)17-3-1-2-14-17/h1-3,12-13,18H,4-11H2/t13-/m1/s1. The quantitative estimate of drug-likeness (QED) is 0.774. The molecule has 0 spiro atoms. The summed E-state index contributed by atoms with van der Waals surface area (Å²) in [5.74, 6) is 0. The largest absolute Gasteiger partial charge is 0.390 e. The Morgan fingerprint density at radius 3 is 2.63 bits per heavy atom. The van der Waals surface area contributed by atoms with E-state index in [4.69, 9.17) is 4.74 Å². The molecule has 2 saturated heterocycles. The number of rotatable bonds is 5. The van der Waals surface area contributed by atoms with Crippen LogP contribution in [0.15, 0.2) is 18.5 Å². The summed E-state index contributed by atoms with van der Waals surface area (Å²) in [5, 5.41) is 14.4. The van der Waals surface area contributed by atoms with Crippen LogP contribution in [0.25, 0.3) is 0 Å². The van der Waals surface area contributed by atoms with E-state index in [0.717, 1.165) is 52.5 Å². The van der Waals surface area contributed by atoms with Gasteiger partial charge in [-0.05, 0) is 6.07 Å². The SMILES string of the molecule is O[C@H](CN1CCOCC1)CN1CC(n2cccn2)C1. The molecule has 6 nitrogen and oxygen atoms in total. The summed E-state index contributed by atoms with van der Waals surface area (Å²) >= 11 is 0. The van der Waals surface area contributed by atoms with Gasteiger partial charge in [-0.25, -0.2) is 0 Å². The molecule has 3 rings (SSSR count). The molecule has 0 aliphatic carbocycles. The molecule has 2 aliphatic heterocycles. The zero-order chi connectivity index (χ0) is 13.1. The summed E-state index contributed by atoms with van der Waals surface area (Å²) in [7, 11) is 0. The molecule has 1 atom stereocenters. The van der Waals surface area contributed by atoms with E-state index in [9.17, 15) is 5.11 Å². The van der Waals surface area contributed by atoms with E-state index in [0.29, 0.717) is 6.04 Å². The molecule has 1 N–H and O–H groups in total. The van der Waals surface area contributed by atoms with E-state index in [-0.39, 0.29) is 6.10 Å². The monoisotopic (exact) mass is 266 g/mol. The maximum Gasteiger partial charge on any atom is 0.0793 e. The summed E-state index contributed by atoms with van der Waals surface area (Å²) < 4.78 is 7.31. The van der Waals surface area contributed by atoms with Gasteiger partial charge in [0.05, 0.1) is 25.4 Å². The van der Waals surface area contributed by atoms with Crippen molar-refractivity contribution in [3.8, 4) is 0 Å². The van der Waals surface area contributed by atoms with Crippen molar-refractivity contribution in [1.29, 1.82) is 0 Å². The molecule has 106 valence electrons. The van der Waals surface area contributed by atoms with Crippen molar-refractivity contribution in [3.05, 3.63) is 18.5 Å². The Bertz CT molecular complexity index is 372. The first kappa shape index (κ1) is 13.1. The molecule has 0 amide bonds. The van der Waals surface area contributed by atoms with Gasteiger partial charge in [0, 0.05) is 51.7 Å². The predicted molar refractivity (Wildman–Crippen MR) is 71.0 cm³/mol. The van der Waals surface area contributed by atoms with E-state index < -0.39 is 0 Å². The van der Waals surface area contributed by atoms with Crippen LogP contribution in [0.2, 0.25) is 0 Å². The van der Waals surface area contributed by atoms with Crippen molar-refractivity contribution in [2.24, 2.45) is 0 Å². The average molecular weight is 266 g/mol. The first-order valence-electron chi connectivity index (χ1n) is 7.01. The second kappa shape index (κ2) is 6.00. The Balaban J connectivity index is 1.36. The van der Waals surface area contributed by atoms with Crippen LogP contribution in [0, 0.1) is 0 Å². The number of morpholine rings is 1. The molecular weight excluding hydrogens is 244 g/mol. The number of likely N-dealkylation sites (tertiary alicyclic amines) is 1. The number of β-amino-alcohol motifs (C(OH)–C–C–N with tert-alkyl or cyclic N) is 1. The maximum atomic E-state index is 10.1. The van der Waals surface area contributed by atoms with Crippen LogP contribution >= 0.6 is 0 Å². The minimum Gasteiger partial charge on any atom is -0.390 e. The smallest absolute Gasteiger partial charge is 0.0793 e. The van der Waals surface area contributed by atoms with Crippen molar-refractivity contribution >= 4 is 0 Å². The van der Waals surface area contributed by atoms with Crippen molar-refractivity contribution in [1.82, 2.24) is 19.6 Å². The van der Waals surface area contributed by atoms with E-state index in [2.05, 4.69) is 14.9 Å². The number of aliphatic hydroxyl groups excluding tert-OH is 1. The molecule has 3 heterocycles. The fourth-order valence-electron chi connectivity index (χ4n) is 2.79. The molecule has 0 aromatic carbocycles. The number of nitrogens with zero attached hydrogens (tertiary/aromatic N) is 4. The lowest BCUT2D eigenvalue weighted by Gasteiger charge is -2.40. The van der Waals surface area contributed by atoms with Crippen LogP contribution in [0.3, 0.4) is 0 Å². The zero-order valence-corrected chi connectivity index (χ0v) is 11.2. The maximum absolute atomic E-state index is 10.1. The fourth-order valence-corrected chi connectivity index (χ4v) is 2.79. The number of aliphatic hydroxyl groups is 1. The van der Waals surface area contributed by atoms with Crippen LogP contribution < -0.4 is 0 Å². The second-order valence-corrected chi connectivity index (χ2v) is 5.43. The Labute approximate surface area is 113 Å². The minimum absolute atomic E-state index is 0.267. The molecule has 1 aromatic heterocycles. The lowest BCUT2D eigenvalue weighted by molar-refractivity contribution is -0.00712. The molecule has 2 aliphatic rings. The molecule has 1 aromatic rings. The van der Waals surface area contributed by atoms with Gasteiger partial charge in [0.25, 0.3) is 0 Å². The highest BCUT2D eigenvalue weighted by molar-refractivity contribution is 4.90. The molecule has 0 bridgehead atoms. The van der Waals surface area contributed by atoms with Crippen LogP contribution in [-0.4, -0.2) is 83.3 Å². The second-order valence-electron chi connectivity index (χ2n) is 5.43. The highest BCUT2D eigenvalue weighted by Gasteiger charge is 2.30. The number of hydrogen-bond acceptors (Lipinski definition) is 5. The van der Waals surface area contributed by atoms with E-state index >= 15 is 0 Å². The Morgan fingerprint density at radius 2 is 1.95 bits per heavy atom. The Morgan fingerprint density at radius 1 is 1.21 bits per heavy atom. The highest BCUT2D eigenvalue weighted by Crippen LogP contribution is 2.20. The van der Waals surface area contributed by atoms with Crippen molar-refractivity contribution in [2.75, 3.05) is 52.5 Å². The minimum atomic E-state index is -0.267. The average Bonchev–Trinajstić information content (AvgIpc) is 2.88. The van der Waals surface area contributed by atoms with Gasteiger partial charge >= 0.3 is 0 Å². The third-order valence-corrected chi connectivity index (χ3v) is 3.88. The highest BCUT2D eigenvalue weighted by atomic mass is 16.5. The van der Waals surface area contributed by atoms with Crippen molar-refractivity contribution in [3.63, 3.8) is 0 Å². The van der Waals surface area contributed by atoms with Gasteiger partial charge in [-0.15, -0.1) is 0 Å². The van der Waals surface area contributed by atoms with Gasteiger partial charge < -0.3 is 9.84 Å². The van der Waals surface area contributed by atoms with Gasteiger partial charge in [0.15, 0.2) is 0 Å². The molecule has 2 fully saturated rings. The molecule has 0 saturated carbocycles. The predicted octanol–water partition coefficient (Wildman–Crippen LogP) is -0.567. The molecule has 0 radical (unpaired) electrons. The van der Waals surface area contributed by atoms with Gasteiger partial charge in [-0.3, -0.25) is 14.5 Å². The molecular formula is C13H22N4O2. The summed E-state index contributed by atoms with van der Waals surface area (Å²) in [6.07, 6.45) is 3.55. The third-order valence-electron chi connectivity index (χ3n) is 3.88. The molecule has 6 heteroatoms. The normalized spacial score (nSPS) is 24.3. The van der Waals surface area contributed by atoms with Crippen LogP contribution in [0.4, 0.5) is 0 Å². The Hall–Kier alpha value is -0.950. The third kappa shape index (κ3) is 3.33. The lowest BCUT2D eigenvalue weighted by Crippen LogP contribution is -2.52. The summed E-state index contributed by atoms with van der Waals surface area (Å²) in [4.78, 5) is 4.57. The topological polar surface area (TPSA) is 53.8 Å². The Kier molecular flexibility index (Phi) is 4.12. The van der Waals surface area contributed by atoms with E-state index in [1.807, 2.05) is 23.1 Å². The van der Waals surface area contributed by atoms with Crippen LogP contribution in [0.1, 0.15) is 6.04 Å². The van der Waals surface area contributed by atoms with Crippen LogP contribution in [-0.2, 0) is 4.74 Å². The number of aromatic nitrogens is 2. The van der Waals surface area contributed by atoms with Crippen molar-refractivity contribution < 1.29 is 9.84 Å².